The number of ether oxygens (including phenoxy) is 2. The van der Waals surface area contributed by atoms with E-state index in [1.165, 1.54) is 18.2 Å². The molecular weight excluding hydrogens is 516 g/mol. The van der Waals surface area contributed by atoms with E-state index in [-0.39, 0.29) is 37.8 Å². The Labute approximate surface area is 210 Å². The second kappa shape index (κ2) is 11.2. The van der Waals surface area contributed by atoms with Crippen LogP contribution in [0.3, 0.4) is 0 Å². The SMILES string of the molecule is O=C(COCCNC(=O)OCC1c2ccccc2-c2ccccc21)Nc1cc(C(=O)O)ccc1Br. The maximum absolute atomic E-state index is 12.2. The van der Waals surface area contributed by atoms with Crippen molar-refractivity contribution in [3.63, 3.8) is 0 Å². The fraction of sp³-hybridized carbons (Fsp3) is 0.192. The average molecular weight is 539 g/mol. The maximum atomic E-state index is 12.2. The van der Waals surface area contributed by atoms with Crippen LogP contribution in [0.1, 0.15) is 27.4 Å². The summed E-state index contributed by atoms with van der Waals surface area (Å²) in [5.41, 5.74) is 4.97. The zero-order valence-corrected chi connectivity index (χ0v) is 20.2. The number of alkyl carbamates (subject to hydrolysis) is 1. The van der Waals surface area contributed by atoms with Gasteiger partial charge < -0.3 is 25.2 Å². The van der Waals surface area contributed by atoms with E-state index in [1.807, 2.05) is 24.3 Å². The van der Waals surface area contributed by atoms with Crippen LogP contribution in [0.15, 0.2) is 71.2 Å². The summed E-state index contributed by atoms with van der Waals surface area (Å²) in [6.07, 6.45) is -0.561. The van der Waals surface area contributed by atoms with E-state index in [2.05, 4.69) is 50.8 Å². The quantitative estimate of drug-likeness (QED) is 0.342. The second-order valence-corrected chi connectivity index (χ2v) is 8.71. The summed E-state index contributed by atoms with van der Waals surface area (Å²) < 4.78 is 11.3. The lowest BCUT2D eigenvalue weighted by atomic mass is 9.98. The number of carbonyl (C=O) groups excluding carboxylic acids is 2. The molecule has 8 nitrogen and oxygen atoms in total. The van der Waals surface area contributed by atoms with Crippen LogP contribution in [0.25, 0.3) is 11.1 Å². The zero-order valence-electron chi connectivity index (χ0n) is 18.6. The molecule has 0 aliphatic heterocycles. The number of carboxylic acids is 1. The number of fused-ring (bicyclic) bond motifs is 3. The Bertz CT molecular complexity index is 1220. The first-order valence-corrected chi connectivity index (χ1v) is 11.7. The Morgan fingerprint density at radius 1 is 0.943 bits per heavy atom. The van der Waals surface area contributed by atoms with Gasteiger partial charge in [-0.3, -0.25) is 4.79 Å². The lowest BCUT2D eigenvalue weighted by molar-refractivity contribution is -0.120. The molecule has 35 heavy (non-hydrogen) atoms. The molecule has 1 aliphatic rings. The molecule has 9 heteroatoms. The molecule has 2 amide bonds. The van der Waals surface area contributed by atoms with E-state index in [0.717, 1.165) is 22.3 Å². The van der Waals surface area contributed by atoms with Crippen molar-refractivity contribution in [2.24, 2.45) is 0 Å². The number of nitrogens with one attached hydrogen (secondary N) is 2. The second-order valence-electron chi connectivity index (χ2n) is 7.85. The molecule has 0 saturated carbocycles. The minimum absolute atomic E-state index is 0.0213. The molecule has 3 aromatic rings. The monoisotopic (exact) mass is 538 g/mol. The molecule has 0 fully saturated rings. The number of carbonyl (C=O) groups is 3. The highest BCUT2D eigenvalue weighted by Gasteiger charge is 2.28. The van der Waals surface area contributed by atoms with Gasteiger partial charge in [0, 0.05) is 16.9 Å². The molecule has 4 rings (SSSR count). The van der Waals surface area contributed by atoms with E-state index < -0.39 is 18.0 Å². The Balaban J connectivity index is 1.18. The predicted molar refractivity (Wildman–Crippen MR) is 134 cm³/mol. The number of hydrogen-bond donors (Lipinski definition) is 3. The van der Waals surface area contributed by atoms with Gasteiger partial charge in [-0.2, -0.15) is 0 Å². The maximum Gasteiger partial charge on any atom is 0.407 e. The molecule has 0 aromatic heterocycles. The molecule has 0 unspecified atom stereocenters. The summed E-state index contributed by atoms with van der Waals surface area (Å²) in [5, 5.41) is 14.3. The molecule has 1 aliphatic carbocycles. The number of rotatable bonds is 9. The molecule has 0 bridgehead atoms. The first-order chi connectivity index (χ1) is 16.9. The summed E-state index contributed by atoms with van der Waals surface area (Å²) in [6.45, 7) is 0.236. The minimum atomic E-state index is -1.09. The van der Waals surface area contributed by atoms with Crippen LogP contribution in [-0.2, 0) is 14.3 Å². The Morgan fingerprint density at radius 3 is 2.26 bits per heavy atom. The van der Waals surface area contributed by atoms with Crippen molar-refractivity contribution >= 4 is 39.6 Å². The Morgan fingerprint density at radius 2 is 1.60 bits per heavy atom. The highest BCUT2D eigenvalue weighted by molar-refractivity contribution is 9.10. The van der Waals surface area contributed by atoms with Crippen LogP contribution in [0.5, 0.6) is 0 Å². The van der Waals surface area contributed by atoms with Crippen molar-refractivity contribution in [2.75, 3.05) is 31.7 Å². The first-order valence-electron chi connectivity index (χ1n) is 10.9. The molecule has 0 heterocycles. The summed E-state index contributed by atoms with van der Waals surface area (Å²) >= 11 is 3.26. The third-order valence-electron chi connectivity index (χ3n) is 5.58. The third kappa shape index (κ3) is 5.87. The fourth-order valence-corrected chi connectivity index (χ4v) is 4.33. The number of benzene rings is 3. The first kappa shape index (κ1) is 24.4. The largest absolute Gasteiger partial charge is 0.478 e. The molecule has 0 saturated heterocycles. The van der Waals surface area contributed by atoms with Crippen LogP contribution in [0.2, 0.25) is 0 Å². The molecule has 0 spiro atoms. The Kier molecular flexibility index (Phi) is 7.79. The summed E-state index contributed by atoms with van der Waals surface area (Å²) in [4.78, 5) is 35.3. The van der Waals surface area contributed by atoms with Crippen LogP contribution in [0, 0.1) is 0 Å². The predicted octanol–water partition coefficient (Wildman–Crippen LogP) is 4.64. The topological polar surface area (TPSA) is 114 Å². The van der Waals surface area contributed by atoms with Gasteiger partial charge in [-0.15, -0.1) is 0 Å². The van der Waals surface area contributed by atoms with Crippen molar-refractivity contribution < 1.29 is 29.0 Å². The molecule has 0 radical (unpaired) electrons. The van der Waals surface area contributed by atoms with Crippen molar-refractivity contribution in [3.8, 4) is 11.1 Å². The number of halogens is 1. The number of hydrogen-bond acceptors (Lipinski definition) is 5. The fourth-order valence-electron chi connectivity index (χ4n) is 3.98. The standard InChI is InChI=1S/C26H23BrN2O6/c27-22-10-9-16(25(31)32)13-23(22)29-24(30)15-34-12-11-28-26(33)35-14-21-19-7-3-1-5-17(19)18-6-2-4-8-20(18)21/h1-10,13,21H,11-12,14-15H2,(H,28,33)(H,29,30)(H,31,32). The number of anilines is 1. The van der Waals surface area contributed by atoms with Crippen molar-refractivity contribution in [1.29, 1.82) is 0 Å². The number of amides is 2. The molecular formula is C26H23BrN2O6. The summed E-state index contributed by atoms with van der Waals surface area (Å²) in [7, 11) is 0. The van der Waals surface area contributed by atoms with E-state index >= 15 is 0 Å². The van der Waals surface area contributed by atoms with Crippen LogP contribution in [-0.4, -0.2) is 49.4 Å². The van der Waals surface area contributed by atoms with Gasteiger partial charge in [-0.25, -0.2) is 9.59 Å². The van der Waals surface area contributed by atoms with Gasteiger partial charge in [0.15, 0.2) is 0 Å². The lowest BCUT2D eigenvalue weighted by Crippen LogP contribution is -2.30. The van der Waals surface area contributed by atoms with E-state index in [4.69, 9.17) is 14.6 Å². The number of carboxylic acid groups (broad SMARTS) is 1. The van der Waals surface area contributed by atoms with E-state index in [1.54, 1.807) is 0 Å². The average Bonchev–Trinajstić information content (AvgIpc) is 3.17. The lowest BCUT2D eigenvalue weighted by Gasteiger charge is -2.14. The van der Waals surface area contributed by atoms with Gasteiger partial charge >= 0.3 is 12.1 Å². The van der Waals surface area contributed by atoms with Gasteiger partial charge in [0.2, 0.25) is 5.91 Å². The van der Waals surface area contributed by atoms with Gasteiger partial charge in [-0.1, -0.05) is 48.5 Å². The van der Waals surface area contributed by atoms with E-state index in [9.17, 15) is 14.4 Å². The van der Waals surface area contributed by atoms with Crippen molar-refractivity contribution in [3.05, 3.63) is 87.9 Å². The molecule has 180 valence electrons. The third-order valence-corrected chi connectivity index (χ3v) is 6.27. The van der Waals surface area contributed by atoms with E-state index in [0.29, 0.717) is 10.2 Å². The van der Waals surface area contributed by atoms with Crippen molar-refractivity contribution in [2.45, 2.75) is 5.92 Å². The minimum Gasteiger partial charge on any atom is -0.478 e. The highest BCUT2D eigenvalue weighted by atomic mass is 79.9. The normalized spacial score (nSPS) is 11.9. The van der Waals surface area contributed by atoms with Crippen molar-refractivity contribution in [1.82, 2.24) is 5.32 Å². The summed E-state index contributed by atoms with van der Waals surface area (Å²) in [6, 6.07) is 20.5. The van der Waals surface area contributed by atoms with Gasteiger partial charge in [0.1, 0.15) is 13.2 Å². The van der Waals surface area contributed by atoms with Gasteiger partial charge in [0.25, 0.3) is 0 Å². The van der Waals surface area contributed by atoms with Gasteiger partial charge in [-0.05, 0) is 56.4 Å². The number of aromatic carboxylic acids is 1. The Hall–Kier alpha value is -3.69. The van der Waals surface area contributed by atoms with Crippen LogP contribution >= 0.6 is 15.9 Å². The molecule has 3 aromatic carbocycles. The van der Waals surface area contributed by atoms with Gasteiger partial charge in [0.05, 0.1) is 17.9 Å². The van der Waals surface area contributed by atoms with Crippen LogP contribution in [0.4, 0.5) is 10.5 Å². The zero-order chi connectivity index (χ0) is 24.8. The molecule has 0 atom stereocenters. The summed E-state index contributed by atoms with van der Waals surface area (Å²) in [5.74, 6) is -1.56. The smallest absolute Gasteiger partial charge is 0.407 e. The van der Waals surface area contributed by atoms with Crippen LogP contribution < -0.4 is 10.6 Å². The molecule has 3 N–H and O–H groups in total. The highest BCUT2D eigenvalue weighted by Crippen LogP contribution is 2.44.